The zero-order valence-electron chi connectivity index (χ0n) is 15.0. The van der Waals surface area contributed by atoms with Crippen molar-refractivity contribution in [2.24, 2.45) is 5.92 Å². The highest BCUT2D eigenvalue weighted by Crippen LogP contribution is 2.31. The van der Waals surface area contributed by atoms with Crippen molar-refractivity contribution in [3.63, 3.8) is 0 Å². The number of amides is 1. The standard InChI is InChI=1S/C20H27N3O2/c1-14-10-15(2)23(22-14)9-8-20(25)21-19(17-12-18(24)13-17)11-16-6-4-3-5-7-16/h3-7,10,17-19,24H,8-9,11-13H2,1-2H3,(H,21,25). The van der Waals surface area contributed by atoms with Gasteiger partial charge in [-0.2, -0.15) is 5.10 Å². The first kappa shape index (κ1) is 17.7. The van der Waals surface area contributed by atoms with Crippen molar-refractivity contribution >= 4 is 5.91 Å². The molecule has 5 nitrogen and oxygen atoms in total. The van der Waals surface area contributed by atoms with E-state index in [0.29, 0.717) is 18.9 Å². The number of rotatable bonds is 7. The van der Waals surface area contributed by atoms with Crippen molar-refractivity contribution < 1.29 is 9.90 Å². The van der Waals surface area contributed by atoms with Crippen LogP contribution in [0.25, 0.3) is 0 Å². The quantitative estimate of drug-likeness (QED) is 0.812. The number of carbonyl (C=O) groups excluding carboxylic acids is 1. The van der Waals surface area contributed by atoms with Crippen LogP contribution in [0, 0.1) is 19.8 Å². The molecule has 3 rings (SSSR count). The smallest absolute Gasteiger partial charge is 0.222 e. The summed E-state index contributed by atoms with van der Waals surface area (Å²) in [6.45, 7) is 4.56. The van der Waals surface area contributed by atoms with Crippen LogP contribution >= 0.6 is 0 Å². The van der Waals surface area contributed by atoms with Crippen molar-refractivity contribution in [3.8, 4) is 0 Å². The molecule has 0 spiro atoms. The molecule has 1 aromatic carbocycles. The summed E-state index contributed by atoms with van der Waals surface area (Å²) in [4.78, 5) is 12.4. The number of hydrogen-bond donors (Lipinski definition) is 2. The van der Waals surface area contributed by atoms with Crippen LogP contribution in [-0.2, 0) is 17.8 Å². The van der Waals surface area contributed by atoms with Gasteiger partial charge in [0.1, 0.15) is 0 Å². The van der Waals surface area contributed by atoms with E-state index < -0.39 is 0 Å². The summed E-state index contributed by atoms with van der Waals surface area (Å²) in [7, 11) is 0. The lowest BCUT2D eigenvalue weighted by Gasteiger charge is -2.38. The fourth-order valence-electron chi connectivity index (χ4n) is 3.55. The molecule has 1 heterocycles. The number of nitrogens with zero attached hydrogens (tertiary/aromatic N) is 2. The number of aromatic nitrogens is 2. The Morgan fingerprint density at radius 2 is 2.04 bits per heavy atom. The van der Waals surface area contributed by atoms with Gasteiger partial charge >= 0.3 is 0 Å². The Morgan fingerprint density at radius 1 is 1.32 bits per heavy atom. The van der Waals surface area contributed by atoms with Crippen LogP contribution in [0.1, 0.15) is 36.2 Å². The van der Waals surface area contributed by atoms with Crippen LogP contribution in [0.4, 0.5) is 0 Å². The second-order valence-electron chi connectivity index (χ2n) is 7.15. The van der Waals surface area contributed by atoms with Crippen LogP contribution in [-0.4, -0.2) is 32.9 Å². The number of aliphatic hydroxyl groups excluding tert-OH is 1. The molecule has 1 aromatic heterocycles. The number of hydrogen-bond acceptors (Lipinski definition) is 3. The lowest BCUT2D eigenvalue weighted by Crippen LogP contribution is -2.48. The number of nitrogens with one attached hydrogen (secondary N) is 1. The van der Waals surface area contributed by atoms with Gasteiger partial charge in [-0.25, -0.2) is 0 Å². The van der Waals surface area contributed by atoms with Gasteiger partial charge in [-0.15, -0.1) is 0 Å². The Labute approximate surface area is 149 Å². The van der Waals surface area contributed by atoms with Crippen molar-refractivity contribution in [3.05, 3.63) is 53.3 Å². The Hall–Kier alpha value is -2.14. The van der Waals surface area contributed by atoms with E-state index in [1.54, 1.807) is 0 Å². The zero-order chi connectivity index (χ0) is 17.8. The SMILES string of the molecule is Cc1cc(C)n(CCC(=O)NC(Cc2ccccc2)C2CC(O)C2)n1. The van der Waals surface area contributed by atoms with Gasteiger partial charge in [0.25, 0.3) is 0 Å². The van der Waals surface area contributed by atoms with Crippen LogP contribution < -0.4 is 5.32 Å². The van der Waals surface area contributed by atoms with Crippen molar-refractivity contribution in [2.45, 2.75) is 58.2 Å². The highest BCUT2D eigenvalue weighted by Gasteiger charge is 2.34. The molecule has 1 atom stereocenters. The van der Waals surface area contributed by atoms with Crippen LogP contribution in [0.3, 0.4) is 0 Å². The van der Waals surface area contributed by atoms with E-state index in [0.717, 1.165) is 30.7 Å². The average Bonchev–Trinajstić information content (AvgIpc) is 2.88. The fourth-order valence-corrected chi connectivity index (χ4v) is 3.55. The molecule has 2 aromatic rings. The molecule has 2 N–H and O–H groups in total. The van der Waals surface area contributed by atoms with Crippen LogP contribution in [0.2, 0.25) is 0 Å². The molecule has 25 heavy (non-hydrogen) atoms. The molecule has 0 saturated heterocycles. The average molecular weight is 341 g/mol. The minimum atomic E-state index is -0.213. The Kier molecular flexibility index (Phi) is 5.53. The maximum atomic E-state index is 12.4. The monoisotopic (exact) mass is 341 g/mol. The summed E-state index contributed by atoms with van der Waals surface area (Å²) in [6, 6.07) is 12.3. The largest absolute Gasteiger partial charge is 0.393 e. The molecule has 5 heteroatoms. The van der Waals surface area contributed by atoms with Gasteiger partial charge in [-0.05, 0) is 50.7 Å². The molecule has 134 valence electrons. The third kappa shape index (κ3) is 4.69. The van der Waals surface area contributed by atoms with Gasteiger partial charge < -0.3 is 10.4 Å². The molecular formula is C20H27N3O2. The summed E-state index contributed by atoms with van der Waals surface area (Å²) in [6.07, 6.45) is 2.56. The maximum absolute atomic E-state index is 12.4. The minimum absolute atomic E-state index is 0.0508. The summed E-state index contributed by atoms with van der Waals surface area (Å²) in [5.74, 6) is 0.405. The third-order valence-corrected chi connectivity index (χ3v) is 5.02. The van der Waals surface area contributed by atoms with Gasteiger partial charge in [-0.3, -0.25) is 9.48 Å². The zero-order valence-corrected chi connectivity index (χ0v) is 15.0. The molecule has 0 bridgehead atoms. The van der Waals surface area contributed by atoms with Crippen molar-refractivity contribution in [1.82, 2.24) is 15.1 Å². The highest BCUT2D eigenvalue weighted by atomic mass is 16.3. The third-order valence-electron chi connectivity index (χ3n) is 5.02. The molecule has 0 aliphatic heterocycles. The van der Waals surface area contributed by atoms with E-state index in [2.05, 4.69) is 22.5 Å². The summed E-state index contributed by atoms with van der Waals surface area (Å²) < 4.78 is 1.88. The summed E-state index contributed by atoms with van der Waals surface area (Å²) in [5.41, 5.74) is 3.27. The Bertz CT molecular complexity index is 705. The lowest BCUT2D eigenvalue weighted by molar-refractivity contribution is -0.123. The van der Waals surface area contributed by atoms with Gasteiger partial charge in [-0.1, -0.05) is 30.3 Å². The number of benzene rings is 1. The molecule has 1 amide bonds. The van der Waals surface area contributed by atoms with Crippen LogP contribution in [0.15, 0.2) is 36.4 Å². The first-order valence-corrected chi connectivity index (χ1v) is 9.03. The van der Waals surface area contributed by atoms with Gasteiger partial charge in [0.05, 0.1) is 11.8 Å². The minimum Gasteiger partial charge on any atom is -0.393 e. The van der Waals surface area contributed by atoms with Crippen molar-refractivity contribution in [1.29, 1.82) is 0 Å². The first-order valence-electron chi connectivity index (χ1n) is 9.03. The molecular weight excluding hydrogens is 314 g/mol. The molecule has 0 radical (unpaired) electrons. The van der Waals surface area contributed by atoms with E-state index in [-0.39, 0.29) is 18.1 Å². The maximum Gasteiger partial charge on any atom is 0.222 e. The molecule has 1 fully saturated rings. The number of carbonyl (C=O) groups is 1. The number of aliphatic hydroxyl groups is 1. The molecule has 1 saturated carbocycles. The molecule has 1 unspecified atom stereocenters. The predicted molar refractivity (Wildman–Crippen MR) is 97.1 cm³/mol. The van der Waals surface area contributed by atoms with Crippen molar-refractivity contribution in [2.75, 3.05) is 0 Å². The Balaban J connectivity index is 1.57. The van der Waals surface area contributed by atoms with Gasteiger partial charge in [0.15, 0.2) is 0 Å². The Morgan fingerprint density at radius 3 is 2.64 bits per heavy atom. The predicted octanol–water partition coefficient (Wildman–Crippen LogP) is 2.39. The summed E-state index contributed by atoms with van der Waals surface area (Å²) >= 11 is 0. The van der Waals surface area contributed by atoms with E-state index in [4.69, 9.17) is 0 Å². The summed E-state index contributed by atoms with van der Waals surface area (Å²) in [5, 5.41) is 17.2. The number of aryl methyl sites for hydroxylation is 3. The molecule has 1 aliphatic rings. The van der Waals surface area contributed by atoms with E-state index in [9.17, 15) is 9.90 Å². The fraction of sp³-hybridized carbons (Fsp3) is 0.500. The van der Waals surface area contributed by atoms with E-state index in [1.807, 2.05) is 42.8 Å². The van der Waals surface area contributed by atoms with Gasteiger partial charge in [0.2, 0.25) is 5.91 Å². The van der Waals surface area contributed by atoms with Crippen LogP contribution in [0.5, 0.6) is 0 Å². The first-order chi connectivity index (χ1) is 12.0. The lowest BCUT2D eigenvalue weighted by atomic mass is 9.75. The molecule has 1 aliphatic carbocycles. The van der Waals surface area contributed by atoms with E-state index >= 15 is 0 Å². The van der Waals surface area contributed by atoms with Gasteiger partial charge in [0, 0.05) is 24.7 Å². The second-order valence-corrected chi connectivity index (χ2v) is 7.15. The topological polar surface area (TPSA) is 67.2 Å². The highest BCUT2D eigenvalue weighted by molar-refractivity contribution is 5.76. The normalized spacial score (nSPS) is 20.8. The van der Waals surface area contributed by atoms with E-state index in [1.165, 1.54) is 5.56 Å². The second kappa shape index (κ2) is 7.83.